The molecule has 0 saturated carbocycles. The van der Waals surface area contributed by atoms with Crippen LogP contribution in [0.3, 0.4) is 0 Å². The molecule has 0 aromatic rings. The van der Waals surface area contributed by atoms with Crippen molar-refractivity contribution >= 4 is 35.5 Å². The number of ether oxygens (including phenoxy) is 3. The van der Waals surface area contributed by atoms with Crippen molar-refractivity contribution in [1.82, 2.24) is 10.6 Å². The van der Waals surface area contributed by atoms with Gasteiger partial charge in [-0.2, -0.15) is 11.8 Å². The van der Waals surface area contributed by atoms with Crippen molar-refractivity contribution in [3.05, 3.63) is 0 Å². The highest BCUT2D eigenvalue weighted by molar-refractivity contribution is 7.99. The van der Waals surface area contributed by atoms with Crippen LogP contribution in [0.4, 0.5) is 4.79 Å². The number of rotatable bonds is 26. The zero-order chi connectivity index (χ0) is 34.1. The van der Waals surface area contributed by atoms with Gasteiger partial charge in [0.2, 0.25) is 5.91 Å². The summed E-state index contributed by atoms with van der Waals surface area (Å²) in [6, 6.07) is -1.98. The van der Waals surface area contributed by atoms with E-state index in [0.29, 0.717) is 25.0 Å². The van der Waals surface area contributed by atoms with Crippen LogP contribution in [0.25, 0.3) is 0 Å². The minimum absolute atomic E-state index is 0.0738. The third kappa shape index (κ3) is 27.1. The molecule has 2 N–H and O–H groups in total. The molecule has 0 spiro atoms. The number of thioether (sulfide) groups is 1. The van der Waals surface area contributed by atoms with E-state index in [4.69, 9.17) is 14.2 Å². The number of methoxy groups -OCH3 is 1. The van der Waals surface area contributed by atoms with E-state index < -0.39 is 41.3 Å². The number of nitrogens with one attached hydrogen (secondary N) is 2. The number of esters is 1. The molecule has 0 rings (SSSR count). The summed E-state index contributed by atoms with van der Waals surface area (Å²) in [7, 11) is 1.24. The molecule has 264 valence electrons. The molecule has 45 heavy (non-hydrogen) atoms. The molecule has 0 unspecified atom stereocenters. The molecular weight excluding hydrogens is 592 g/mol. The number of unbranched alkanes of at least 4 members (excludes halogenated alkanes) is 12. The summed E-state index contributed by atoms with van der Waals surface area (Å²) >= 11 is 1.47. The van der Waals surface area contributed by atoms with E-state index in [9.17, 15) is 19.2 Å². The molecule has 0 fully saturated rings. The minimum Gasteiger partial charge on any atom is -0.467 e. The molecule has 0 aromatic carbocycles. The number of Topliss-reactive ketones (excluding diaryl/α,β-unsaturated/α-hetero) is 1. The van der Waals surface area contributed by atoms with E-state index in [1.807, 2.05) is 20.8 Å². The van der Waals surface area contributed by atoms with Crippen molar-refractivity contribution in [3.63, 3.8) is 0 Å². The van der Waals surface area contributed by atoms with Gasteiger partial charge in [0, 0.05) is 18.6 Å². The van der Waals surface area contributed by atoms with Crippen LogP contribution in [0.5, 0.6) is 0 Å². The smallest absolute Gasteiger partial charge is 0.408 e. The second kappa shape index (κ2) is 25.3. The maximum atomic E-state index is 13.2. The number of hydrogen-bond donors (Lipinski definition) is 2. The Morgan fingerprint density at radius 3 is 1.67 bits per heavy atom. The number of amides is 2. The van der Waals surface area contributed by atoms with Gasteiger partial charge in [0.15, 0.2) is 6.04 Å². The highest BCUT2D eigenvalue weighted by atomic mass is 32.2. The molecule has 0 aromatic heterocycles. The number of alkyl carbamates (subject to hydrolysis) is 1. The lowest BCUT2D eigenvalue weighted by molar-refractivity contribution is -0.148. The highest BCUT2D eigenvalue weighted by Crippen LogP contribution is 2.15. The number of carbonyl (C=O) groups excluding carboxylic acids is 4. The summed E-state index contributed by atoms with van der Waals surface area (Å²) in [5.74, 6) is 0.0155. The lowest BCUT2D eigenvalue weighted by Gasteiger charge is -2.26. The van der Waals surface area contributed by atoms with Gasteiger partial charge < -0.3 is 24.8 Å². The van der Waals surface area contributed by atoms with Gasteiger partial charge in [0.05, 0.1) is 19.3 Å². The fraction of sp³-hybridized carbons (Fsp3) is 0.886. The number of hydrogen-bond acceptors (Lipinski definition) is 8. The second-order valence-electron chi connectivity index (χ2n) is 13.9. The van der Waals surface area contributed by atoms with Gasteiger partial charge in [-0.3, -0.25) is 9.59 Å². The zero-order valence-corrected chi connectivity index (χ0v) is 30.7. The van der Waals surface area contributed by atoms with Crippen molar-refractivity contribution in [2.45, 2.75) is 174 Å². The third-order valence-electron chi connectivity index (χ3n) is 7.08. The first-order chi connectivity index (χ1) is 21.2. The van der Waals surface area contributed by atoms with Gasteiger partial charge in [0.25, 0.3) is 0 Å². The summed E-state index contributed by atoms with van der Waals surface area (Å²) in [6.07, 6.45) is 17.8. The van der Waals surface area contributed by atoms with Crippen LogP contribution in [0.2, 0.25) is 0 Å². The quantitative estimate of drug-likeness (QED) is 0.0711. The Morgan fingerprint density at radius 1 is 0.667 bits per heavy atom. The van der Waals surface area contributed by atoms with Gasteiger partial charge in [-0.15, -0.1) is 0 Å². The Hall–Kier alpha value is -1.81. The van der Waals surface area contributed by atoms with Crippen molar-refractivity contribution < 1.29 is 33.4 Å². The van der Waals surface area contributed by atoms with Crippen molar-refractivity contribution in [2.75, 3.05) is 25.2 Å². The zero-order valence-electron chi connectivity index (χ0n) is 29.9. The fourth-order valence-electron chi connectivity index (χ4n) is 4.59. The minimum atomic E-state index is -1.03. The maximum Gasteiger partial charge on any atom is 0.408 e. The van der Waals surface area contributed by atoms with Crippen LogP contribution in [-0.4, -0.2) is 72.3 Å². The first-order valence-corrected chi connectivity index (χ1v) is 18.4. The third-order valence-corrected chi connectivity index (χ3v) is 8.23. The first kappa shape index (κ1) is 43.2. The van der Waals surface area contributed by atoms with Gasteiger partial charge in [-0.1, -0.05) is 84.0 Å². The molecule has 0 aliphatic rings. The van der Waals surface area contributed by atoms with Crippen molar-refractivity contribution in [1.29, 1.82) is 0 Å². The molecule has 0 heterocycles. The Balaban J connectivity index is 4.46. The highest BCUT2D eigenvalue weighted by Gasteiger charge is 2.30. The summed E-state index contributed by atoms with van der Waals surface area (Å²) in [5.41, 5.74) is -1.26. The second-order valence-corrected chi connectivity index (χ2v) is 15.1. The van der Waals surface area contributed by atoms with Crippen LogP contribution < -0.4 is 10.6 Å². The standard InChI is InChI=1S/C35H66N2O7S/c1-9-10-11-12-13-14-15-16-17-18-19-20-21-23-28(38)24-22-25-45-27-30(37-33(41)44-35(5,6)7)31(39)36-29(32(40)42-8)26-43-34(2,3)4/h29-30H,9-27H2,1-8H3,(H,36,39)(H,37,41)/t29-,30-/m0/s1. The number of ketones is 1. The topological polar surface area (TPSA) is 120 Å². The fourth-order valence-corrected chi connectivity index (χ4v) is 5.57. The molecule has 0 aliphatic carbocycles. The number of carbonyl (C=O) groups is 4. The van der Waals surface area contributed by atoms with Gasteiger partial charge in [-0.05, 0) is 60.1 Å². The van der Waals surface area contributed by atoms with E-state index in [0.717, 1.165) is 12.8 Å². The van der Waals surface area contributed by atoms with Gasteiger partial charge in [-0.25, -0.2) is 9.59 Å². The normalized spacial score (nSPS) is 13.2. The molecule has 0 bridgehead atoms. The van der Waals surface area contributed by atoms with Crippen LogP contribution in [0.15, 0.2) is 0 Å². The van der Waals surface area contributed by atoms with Gasteiger partial charge >= 0.3 is 12.1 Å². The predicted octanol–water partition coefficient (Wildman–Crippen LogP) is 7.92. The van der Waals surface area contributed by atoms with E-state index in [1.54, 1.807) is 20.8 Å². The predicted molar refractivity (Wildman–Crippen MR) is 185 cm³/mol. The first-order valence-electron chi connectivity index (χ1n) is 17.3. The Morgan fingerprint density at radius 2 is 1.18 bits per heavy atom. The van der Waals surface area contributed by atoms with Crippen LogP contribution in [-0.2, 0) is 28.6 Å². The molecule has 2 atom stereocenters. The molecule has 10 heteroatoms. The average Bonchev–Trinajstić information content (AvgIpc) is 2.94. The van der Waals surface area contributed by atoms with E-state index >= 15 is 0 Å². The maximum absolute atomic E-state index is 13.2. The van der Waals surface area contributed by atoms with Crippen LogP contribution >= 0.6 is 11.8 Å². The molecular formula is C35H66N2O7S. The lowest BCUT2D eigenvalue weighted by atomic mass is 10.0. The largest absolute Gasteiger partial charge is 0.467 e. The van der Waals surface area contributed by atoms with E-state index in [2.05, 4.69) is 17.6 Å². The Bertz CT molecular complexity index is 824. The van der Waals surface area contributed by atoms with Crippen LogP contribution in [0, 0.1) is 0 Å². The van der Waals surface area contributed by atoms with E-state index in [-0.39, 0.29) is 18.1 Å². The lowest BCUT2D eigenvalue weighted by Crippen LogP contribution is -2.55. The molecule has 0 saturated heterocycles. The summed E-state index contributed by atoms with van der Waals surface area (Å²) in [5, 5.41) is 5.27. The Labute approximate surface area is 278 Å². The van der Waals surface area contributed by atoms with E-state index in [1.165, 1.54) is 89.5 Å². The summed E-state index contributed by atoms with van der Waals surface area (Å²) in [6.45, 7) is 12.9. The van der Waals surface area contributed by atoms with Crippen LogP contribution in [0.1, 0.15) is 151 Å². The monoisotopic (exact) mass is 658 g/mol. The molecule has 2 amide bonds. The average molecular weight is 659 g/mol. The molecule has 0 radical (unpaired) electrons. The Kier molecular flexibility index (Phi) is 24.3. The SMILES string of the molecule is CCCCCCCCCCCCCCCC(=O)CCCSC[C@H](NC(=O)OC(C)(C)C)C(=O)N[C@@H](COC(C)(C)C)C(=O)OC. The van der Waals surface area contributed by atoms with Crippen molar-refractivity contribution in [3.8, 4) is 0 Å². The summed E-state index contributed by atoms with van der Waals surface area (Å²) < 4.78 is 15.9. The summed E-state index contributed by atoms with van der Waals surface area (Å²) in [4.78, 5) is 50.3. The molecule has 9 nitrogen and oxygen atoms in total. The van der Waals surface area contributed by atoms with Gasteiger partial charge in [0.1, 0.15) is 17.4 Å². The molecule has 0 aliphatic heterocycles. The van der Waals surface area contributed by atoms with Crippen molar-refractivity contribution in [2.24, 2.45) is 0 Å².